The number of aromatic nitrogens is 4. The van der Waals surface area contributed by atoms with Crippen LogP contribution in [0.15, 0.2) is 62.2 Å². The number of hydrogen-bond acceptors (Lipinski definition) is 8. The van der Waals surface area contributed by atoms with E-state index in [9.17, 15) is 9.90 Å². The zero-order valence-corrected chi connectivity index (χ0v) is 24.7. The van der Waals surface area contributed by atoms with E-state index in [1.807, 2.05) is 47.4 Å². The summed E-state index contributed by atoms with van der Waals surface area (Å²) in [7, 11) is 1.65. The molecule has 12 heteroatoms. The van der Waals surface area contributed by atoms with Crippen LogP contribution in [0.2, 0.25) is 0 Å². The number of tetrazole rings is 1. The lowest BCUT2D eigenvalue weighted by molar-refractivity contribution is -0.135. The molecule has 4 aromatic rings. The number of rotatable bonds is 11. The highest BCUT2D eigenvalue weighted by Crippen LogP contribution is 2.43. The normalized spacial score (nSPS) is 18.0. The number of unbranched alkanes of at least 4 members (excludes halogenated alkanes) is 1. The Balaban J connectivity index is 1.56. The Kier molecular flexibility index (Phi) is 8.16. The van der Waals surface area contributed by atoms with Gasteiger partial charge in [0.25, 0.3) is 0 Å². The number of nitrogens with zero attached hydrogens (tertiary/aromatic N) is 4. The number of aromatic amines is 1. The van der Waals surface area contributed by atoms with Gasteiger partial charge in [0.2, 0.25) is 5.82 Å². The SMILES string of the molecule is CCCCC1(C(C)COC)NC(Cl)=C(C(=O)O)N1Cc1ccc2oc(-c3ccccc3-c3nn[nH]n3)c(Br)c2c1. The van der Waals surface area contributed by atoms with Crippen molar-refractivity contribution in [3.05, 3.63) is 63.4 Å². The maximum absolute atomic E-state index is 12.4. The van der Waals surface area contributed by atoms with E-state index in [4.69, 9.17) is 20.8 Å². The lowest BCUT2D eigenvalue weighted by atomic mass is 9.87. The fourth-order valence-corrected chi connectivity index (χ4v) is 6.40. The molecule has 2 aromatic carbocycles. The molecule has 0 spiro atoms. The van der Waals surface area contributed by atoms with Gasteiger partial charge in [-0.2, -0.15) is 5.21 Å². The highest BCUT2D eigenvalue weighted by Gasteiger charge is 2.50. The Morgan fingerprint density at radius 3 is 2.73 bits per heavy atom. The molecule has 5 rings (SSSR count). The molecule has 0 amide bonds. The zero-order chi connectivity index (χ0) is 28.4. The Bertz CT molecular complexity index is 1560. The van der Waals surface area contributed by atoms with Gasteiger partial charge in [-0.25, -0.2) is 4.79 Å². The molecular weight excluding hydrogens is 600 g/mol. The van der Waals surface area contributed by atoms with E-state index in [0.717, 1.165) is 39.4 Å². The van der Waals surface area contributed by atoms with Crippen LogP contribution in [-0.4, -0.2) is 56.0 Å². The maximum atomic E-state index is 12.4. The number of H-pyrrole nitrogens is 1. The maximum Gasteiger partial charge on any atom is 0.355 e. The van der Waals surface area contributed by atoms with Gasteiger partial charge in [0.15, 0.2) is 5.70 Å². The van der Waals surface area contributed by atoms with E-state index in [2.05, 4.69) is 55.7 Å². The van der Waals surface area contributed by atoms with Gasteiger partial charge in [0.1, 0.15) is 22.2 Å². The summed E-state index contributed by atoms with van der Waals surface area (Å²) in [4.78, 5) is 14.3. The molecule has 0 saturated carbocycles. The van der Waals surface area contributed by atoms with Gasteiger partial charge in [-0.15, -0.1) is 10.2 Å². The fourth-order valence-electron chi connectivity index (χ4n) is 5.45. The third kappa shape index (κ3) is 4.97. The van der Waals surface area contributed by atoms with Crippen molar-refractivity contribution in [1.82, 2.24) is 30.8 Å². The van der Waals surface area contributed by atoms with Crippen molar-refractivity contribution in [2.45, 2.75) is 45.3 Å². The molecule has 2 unspecified atom stereocenters. The summed E-state index contributed by atoms with van der Waals surface area (Å²) in [6.45, 7) is 4.93. The van der Waals surface area contributed by atoms with Crippen LogP contribution in [0.1, 0.15) is 38.7 Å². The number of halogens is 2. The predicted molar refractivity (Wildman–Crippen MR) is 155 cm³/mol. The highest BCUT2D eigenvalue weighted by molar-refractivity contribution is 9.10. The number of furan rings is 1. The van der Waals surface area contributed by atoms with Gasteiger partial charge in [-0.3, -0.25) is 0 Å². The first kappa shape index (κ1) is 28.1. The van der Waals surface area contributed by atoms with Gasteiger partial charge in [0, 0.05) is 36.1 Å². The summed E-state index contributed by atoms with van der Waals surface area (Å²) in [6.07, 6.45) is 2.55. The van der Waals surface area contributed by atoms with Crippen LogP contribution in [0, 0.1) is 5.92 Å². The average molecular weight is 630 g/mol. The lowest BCUT2D eigenvalue weighted by Gasteiger charge is -2.45. The second kappa shape index (κ2) is 11.6. The smallest absolute Gasteiger partial charge is 0.355 e. The molecule has 0 aliphatic carbocycles. The van der Waals surface area contributed by atoms with Crippen molar-refractivity contribution >= 4 is 44.5 Å². The molecule has 1 aliphatic heterocycles. The number of carboxylic acid groups (broad SMARTS) is 1. The Morgan fingerprint density at radius 1 is 1.27 bits per heavy atom. The molecule has 0 bridgehead atoms. The summed E-state index contributed by atoms with van der Waals surface area (Å²) in [5.74, 6) is -0.0297. The monoisotopic (exact) mass is 628 g/mol. The molecule has 3 heterocycles. The number of fused-ring (bicyclic) bond motifs is 1. The molecule has 40 heavy (non-hydrogen) atoms. The molecule has 1 aliphatic rings. The summed E-state index contributed by atoms with van der Waals surface area (Å²) in [5.41, 5.74) is 2.52. The highest BCUT2D eigenvalue weighted by atomic mass is 79.9. The van der Waals surface area contributed by atoms with E-state index in [1.165, 1.54) is 0 Å². The summed E-state index contributed by atoms with van der Waals surface area (Å²) >= 11 is 10.3. The average Bonchev–Trinajstić information content (AvgIpc) is 3.65. The minimum Gasteiger partial charge on any atom is -0.476 e. The van der Waals surface area contributed by atoms with E-state index in [0.29, 0.717) is 36.7 Å². The number of benzene rings is 2. The van der Waals surface area contributed by atoms with E-state index in [1.54, 1.807) is 7.11 Å². The van der Waals surface area contributed by atoms with Crippen LogP contribution in [0.25, 0.3) is 33.7 Å². The van der Waals surface area contributed by atoms with Crippen LogP contribution in [0.4, 0.5) is 0 Å². The van der Waals surface area contributed by atoms with Crippen LogP contribution in [0.5, 0.6) is 0 Å². The van der Waals surface area contributed by atoms with E-state index in [-0.39, 0.29) is 16.8 Å². The van der Waals surface area contributed by atoms with Crippen molar-refractivity contribution in [3.8, 4) is 22.7 Å². The predicted octanol–water partition coefficient (Wildman–Crippen LogP) is 6.11. The third-order valence-electron chi connectivity index (χ3n) is 7.42. The van der Waals surface area contributed by atoms with Gasteiger partial charge in [0.05, 0.1) is 11.1 Å². The number of ether oxygens (including phenoxy) is 1. The quantitative estimate of drug-likeness (QED) is 0.168. The molecule has 2 atom stereocenters. The standard InChI is InChI=1S/C28H30BrClN6O4/c1-4-5-12-28(16(2)15-39-3)31-25(30)23(27(37)38)36(28)14-17-10-11-21-20(13-17)22(29)24(40-21)18-8-6-7-9-19(18)26-32-34-35-33-26/h6-11,13,16,31H,4-5,12,14-15H2,1-3H3,(H,37,38)(H,32,33,34,35). The zero-order valence-electron chi connectivity index (χ0n) is 22.4. The largest absolute Gasteiger partial charge is 0.476 e. The minimum atomic E-state index is -1.08. The minimum absolute atomic E-state index is 0.0488. The van der Waals surface area contributed by atoms with Crippen molar-refractivity contribution in [2.75, 3.05) is 13.7 Å². The van der Waals surface area contributed by atoms with Gasteiger partial charge < -0.3 is 24.5 Å². The number of carbonyl (C=O) groups is 1. The van der Waals surface area contributed by atoms with Crippen LogP contribution >= 0.6 is 27.5 Å². The summed E-state index contributed by atoms with van der Waals surface area (Å²) in [6, 6.07) is 13.5. The van der Waals surface area contributed by atoms with Crippen molar-refractivity contribution in [2.24, 2.45) is 5.92 Å². The second-order valence-corrected chi connectivity index (χ2v) is 11.1. The number of nitrogens with one attached hydrogen (secondary N) is 2. The summed E-state index contributed by atoms with van der Waals surface area (Å²) < 4.78 is 12.6. The summed E-state index contributed by atoms with van der Waals surface area (Å²) in [5, 5.41) is 28.9. The first-order valence-corrected chi connectivity index (χ1v) is 14.2. The molecule has 0 fully saturated rings. The number of carboxylic acids is 1. The van der Waals surface area contributed by atoms with Crippen molar-refractivity contribution in [3.63, 3.8) is 0 Å². The molecule has 10 nitrogen and oxygen atoms in total. The van der Waals surface area contributed by atoms with Gasteiger partial charge >= 0.3 is 5.97 Å². The van der Waals surface area contributed by atoms with Gasteiger partial charge in [-0.05, 0) is 51.7 Å². The van der Waals surface area contributed by atoms with Crippen molar-refractivity contribution < 1.29 is 19.1 Å². The Morgan fingerprint density at radius 2 is 2.05 bits per heavy atom. The van der Waals surface area contributed by atoms with Crippen LogP contribution in [0.3, 0.4) is 0 Å². The molecule has 0 saturated heterocycles. The lowest BCUT2D eigenvalue weighted by Crippen LogP contribution is -2.58. The first-order chi connectivity index (χ1) is 19.3. The van der Waals surface area contributed by atoms with Crippen LogP contribution in [-0.2, 0) is 16.1 Å². The second-order valence-electron chi connectivity index (χ2n) is 9.92. The molecular formula is C28H30BrClN6O4. The van der Waals surface area contributed by atoms with Gasteiger partial charge in [-0.1, -0.05) is 62.2 Å². The van der Waals surface area contributed by atoms with E-state index < -0.39 is 11.6 Å². The third-order valence-corrected chi connectivity index (χ3v) is 8.48. The topological polar surface area (TPSA) is 129 Å². The first-order valence-electron chi connectivity index (χ1n) is 13.0. The Hall–Kier alpha value is -3.41. The number of hydrogen-bond donors (Lipinski definition) is 3. The van der Waals surface area contributed by atoms with Crippen molar-refractivity contribution in [1.29, 1.82) is 0 Å². The molecule has 0 radical (unpaired) electrons. The fraction of sp³-hybridized carbons (Fsp3) is 0.357. The molecule has 3 N–H and O–H groups in total. The number of methoxy groups -OCH3 is 1. The number of aliphatic carboxylic acids is 1. The van der Waals surface area contributed by atoms with E-state index >= 15 is 0 Å². The van der Waals surface area contributed by atoms with Crippen LogP contribution < -0.4 is 5.32 Å². The Labute approximate surface area is 244 Å². The molecule has 210 valence electrons. The molecule has 2 aromatic heterocycles.